The van der Waals surface area contributed by atoms with Gasteiger partial charge in [0.1, 0.15) is 18.0 Å². The fourth-order valence-corrected chi connectivity index (χ4v) is 3.65. The lowest BCUT2D eigenvalue weighted by Gasteiger charge is -2.11. The number of nitrogens with zero attached hydrogens (tertiary/aromatic N) is 6. The van der Waals surface area contributed by atoms with Crippen molar-refractivity contribution < 1.29 is 4.39 Å². The fraction of sp³-hybridized carbons (Fsp3) is 0.158. The molecule has 0 spiro atoms. The molecule has 0 saturated carbocycles. The third-order valence-electron chi connectivity index (χ3n) is 4.15. The second-order valence-electron chi connectivity index (χ2n) is 5.95. The van der Waals surface area contributed by atoms with Crippen LogP contribution >= 0.6 is 11.8 Å². The minimum Gasteiger partial charge on any atom is -0.297 e. The molecule has 136 valence electrons. The van der Waals surface area contributed by atoms with E-state index in [2.05, 4.69) is 20.3 Å². The summed E-state index contributed by atoms with van der Waals surface area (Å²) in [5, 5.41) is 13.4. The highest BCUT2D eigenvalue weighted by Crippen LogP contribution is 2.28. The highest BCUT2D eigenvalue weighted by atomic mass is 32.2. The van der Waals surface area contributed by atoms with E-state index in [1.54, 1.807) is 22.9 Å². The van der Waals surface area contributed by atoms with Crippen LogP contribution in [0, 0.1) is 5.82 Å². The van der Waals surface area contributed by atoms with Gasteiger partial charge in [0.2, 0.25) is 0 Å². The summed E-state index contributed by atoms with van der Waals surface area (Å²) in [6, 6.07) is 16.6. The lowest BCUT2D eigenvalue weighted by molar-refractivity contribution is 0.626. The molecule has 2 aromatic heterocycles. The van der Waals surface area contributed by atoms with Crippen LogP contribution in [0.1, 0.15) is 11.4 Å². The molecule has 0 bridgehead atoms. The largest absolute Gasteiger partial charge is 0.297 e. The van der Waals surface area contributed by atoms with E-state index >= 15 is 0 Å². The molecular formula is C19H17FN6S. The maximum Gasteiger partial charge on any atom is 0.192 e. The molecule has 0 radical (unpaired) electrons. The van der Waals surface area contributed by atoms with Gasteiger partial charge in [-0.3, -0.25) is 9.25 Å². The minimum absolute atomic E-state index is 0.316. The molecule has 0 amide bonds. The van der Waals surface area contributed by atoms with Crippen LogP contribution in [-0.2, 0) is 19.3 Å². The summed E-state index contributed by atoms with van der Waals surface area (Å²) in [5.41, 5.74) is 1.53. The quantitative estimate of drug-likeness (QED) is 0.479. The Morgan fingerprint density at radius 1 is 1.00 bits per heavy atom. The minimum atomic E-state index is -0.316. The molecular weight excluding hydrogens is 363 g/mol. The zero-order chi connectivity index (χ0) is 18.6. The number of hydrogen-bond acceptors (Lipinski definition) is 5. The summed E-state index contributed by atoms with van der Waals surface area (Å²) >= 11 is 1.50. The molecule has 0 saturated heterocycles. The Morgan fingerprint density at radius 2 is 1.78 bits per heavy atom. The Labute approximate surface area is 160 Å². The SMILES string of the molecule is Cn1ncnc1CSc1nnc(-c2ccccc2F)n1Cc1ccccc1. The molecule has 0 aliphatic carbocycles. The molecule has 6 nitrogen and oxygen atoms in total. The molecule has 0 N–H and O–H groups in total. The van der Waals surface area contributed by atoms with Crippen molar-refractivity contribution in [2.24, 2.45) is 7.05 Å². The highest BCUT2D eigenvalue weighted by Gasteiger charge is 2.18. The van der Waals surface area contributed by atoms with Gasteiger partial charge in [-0.2, -0.15) is 5.10 Å². The van der Waals surface area contributed by atoms with Crippen LogP contribution in [0.4, 0.5) is 4.39 Å². The number of hydrogen-bond donors (Lipinski definition) is 0. The molecule has 8 heteroatoms. The predicted octanol–water partition coefficient (Wildman–Crippen LogP) is 3.55. The van der Waals surface area contributed by atoms with Crippen molar-refractivity contribution in [3.05, 3.63) is 78.1 Å². The molecule has 0 fully saturated rings. The molecule has 0 aliphatic rings. The van der Waals surface area contributed by atoms with E-state index in [-0.39, 0.29) is 5.82 Å². The van der Waals surface area contributed by atoms with Crippen molar-refractivity contribution in [2.75, 3.05) is 0 Å². The van der Waals surface area contributed by atoms with Crippen LogP contribution in [0.15, 0.2) is 66.1 Å². The van der Waals surface area contributed by atoms with Crippen LogP contribution in [0.3, 0.4) is 0 Å². The number of aryl methyl sites for hydroxylation is 1. The van der Waals surface area contributed by atoms with Gasteiger partial charge in [-0.25, -0.2) is 9.37 Å². The zero-order valence-electron chi connectivity index (χ0n) is 14.7. The van der Waals surface area contributed by atoms with E-state index < -0.39 is 0 Å². The third-order valence-corrected chi connectivity index (χ3v) is 5.11. The van der Waals surface area contributed by atoms with E-state index in [0.717, 1.165) is 11.4 Å². The Morgan fingerprint density at radius 3 is 2.52 bits per heavy atom. The van der Waals surface area contributed by atoms with Gasteiger partial charge in [-0.1, -0.05) is 54.2 Å². The summed E-state index contributed by atoms with van der Waals surface area (Å²) in [5.74, 6) is 1.63. The number of rotatable bonds is 6. The van der Waals surface area contributed by atoms with Crippen molar-refractivity contribution in [3.8, 4) is 11.4 Å². The summed E-state index contributed by atoms with van der Waals surface area (Å²) in [6.45, 7) is 0.554. The van der Waals surface area contributed by atoms with Crippen LogP contribution in [0.5, 0.6) is 0 Å². The highest BCUT2D eigenvalue weighted by molar-refractivity contribution is 7.98. The van der Waals surface area contributed by atoms with E-state index in [1.165, 1.54) is 24.2 Å². The van der Waals surface area contributed by atoms with Crippen molar-refractivity contribution in [3.63, 3.8) is 0 Å². The Hall–Kier alpha value is -3.00. The smallest absolute Gasteiger partial charge is 0.192 e. The molecule has 4 aromatic rings. The zero-order valence-corrected chi connectivity index (χ0v) is 15.5. The topological polar surface area (TPSA) is 61.4 Å². The first kappa shape index (κ1) is 17.4. The monoisotopic (exact) mass is 380 g/mol. The van der Waals surface area contributed by atoms with Crippen LogP contribution in [0.25, 0.3) is 11.4 Å². The van der Waals surface area contributed by atoms with Crippen LogP contribution in [0.2, 0.25) is 0 Å². The lowest BCUT2D eigenvalue weighted by Crippen LogP contribution is -2.05. The Balaban J connectivity index is 1.70. The predicted molar refractivity (Wildman–Crippen MR) is 102 cm³/mol. The number of halogens is 1. The van der Waals surface area contributed by atoms with Gasteiger partial charge in [-0.05, 0) is 17.7 Å². The Kier molecular flexibility index (Phi) is 4.97. The fourth-order valence-electron chi connectivity index (χ4n) is 2.73. The molecule has 0 unspecified atom stereocenters. The average molecular weight is 380 g/mol. The van der Waals surface area contributed by atoms with E-state index in [1.807, 2.05) is 41.9 Å². The summed E-state index contributed by atoms with van der Waals surface area (Å²) in [4.78, 5) is 4.24. The van der Waals surface area contributed by atoms with Gasteiger partial charge < -0.3 is 0 Å². The van der Waals surface area contributed by atoms with Gasteiger partial charge >= 0.3 is 0 Å². The van der Waals surface area contributed by atoms with Crippen LogP contribution in [-0.4, -0.2) is 29.5 Å². The number of thioether (sulfide) groups is 1. The first-order chi connectivity index (χ1) is 13.2. The second-order valence-corrected chi connectivity index (χ2v) is 6.89. The summed E-state index contributed by atoms with van der Waals surface area (Å²) in [7, 11) is 1.85. The summed E-state index contributed by atoms with van der Waals surface area (Å²) in [6.07, 6.45) is 1.52. The van der Waals surface area contributed by atoms with Gasteiger partial charge in [0, 0.05) is 7.05 Å². The third kappa shape index (κ3) is 3.75. The van der Waals surface area contributed by atoms with Crippen molar-refractivity contribution in [1.82, 2.24) is 29.5 Å². The van der Waals surface area contributed by atoms with E-state index in [0.29, 0.717) is 28.8 Å². The van der Waals surface area contributed by atoms with Gasteiger partial charge in [0.15, 0.2) is 11.0 Å². The lowest BCUT2D eigenvalue weighted by atomic mass is 10.2. The molecule has 2 aromatic carbocycles. The van der Waals surface area contributed by atoms with Crippen LogP contribution < -0.4 is 0 Å². The molecule has 4 rings (SSSR count). The first-order valence-electron chi connectivity index (χ1n) is 8.40. The Bertz CT molecular complexity index is 1040. The normalized spacial score (nSPS) is 11.0. The van der Waals surface area contributed by atoms with E-state index in [9.17, 15) is 4.39 Å². The second kappa shape index (κ2) is 7.71. The molecule has 0 aliphatic heterocycles. The molecule has 0 atom stereocenters. The van der Waals surface area contributed by atoms with Crippen molar-refractivity contribution in [2.45, 2.75) is 17.5 Å². The number of aromatic nitrogens is 6. The molecule has 2 heterocycles. The maximum atomic E-state index is 14.4. The number of benzene rings is 2. The van der Waals surface area contributed by atoms with Gasteiger partial charge in [0.25, 0.3) is 0 Å². The summed E-state index contributed by atoms with van der Waals surface area (Å²) < 4.78 is 18.0. The first-order valence-corrected chi connectivity index (χ1v) is 9.38. The van der Waals surface area contributed by atoms with E-state index in [4.69, 9.17) is 0 Å². The van der Waals surface area contributed by atoms with Crippen molar-refractivity contribution in [1.29, 1.82) is 0 Å². The molecule has 27 heavy (non-hydrogen) atoms. The standard InChI is InChI=1S/C19H17FN6S/c1-25-17(21-13-22-25)12-27-19-24-23-18(15-9-5-6-10-16(15)20)26(19)11-14-7-3-2-4-8-14/h2-10,13H,11-12H2,1H3. The van der Waals surface area contributed by atoms with Crippen molar-refractivity contribution >= 4 is 11.8 Å². The van der Waals surface area contributed by atoms with Gasteiger partial charge in [-0.15, -0.1) is 10.2 Å². The van der Waals surface area contributed by atoms with Gasteiger partial charge in [0.05, 0.1) is 17.9 Å². The average Bonchev–Trinajstić information content (AvgIpc) is 3.27. The maximum absolute atomic E-state index is 14.4.